The molecule has 2 unspecified atom stereocenters. The van der Waals surface area contributed by atoms with Gasteiger partial charge in [0.1, 0.15) is 11.6 Å². The first-order valence-electron chi connectivity index (χ1n) is 8.44. The molecule has 0 amide bonds. The Labute approximate surface area is 153 Å². The van der Waals surface area contributed by atoms with Crippen LogP contribution in [-0.2, 0) is 9.53 Å². The maximum Gasteiger partial charge on any atom is 0.345 e. The van der Waals surface area contributed by atoms with E-state index in [-0.39, 0.29) is 5.97 Å². The van der Waals surface area contributed by atoms with Crippen LogP contribution in [0.5, 0.6) is 5.75 Å². The molecule has 1 fully saturated rings. The average molecular weight is 360 g/mol. The topological polar surface area (TPSA) is 51.1 Å². The Morgan fingerprint density at radius 3 is 2.60 bits per heavy atom. The van der Waals surface area contributed by atoms with E-state index in [4.69, 9.17) is 14.5 Å². The number of hydrogen-bond donors (Lipinski definition) is 0. The van der Waals surface area contributed by atoms with Crippen molar-refractivity contribution in [1.82, 2.24) is 0 Å². The highest BCUT2D eigenvalue weighted by Crippen LogP contribution is 2.45. The largest absolute Gasteiger partial charge is 0.497 e. The van der Waals surface area contributed by atoms with E-state index >= 15 is 0 Å². The molecule has 2 aliphatic heterocycles. The van der Waals surface area contributed by atoms with Crippen LogP contribution in [0.15, 0.2) is 40.2 Å². The first-order valence-corrected chi connectivity index (χ1v) is 9.26. The predicted octanol–water partition coefficient (Wildman–Crippen LogP) is 3.85. The van der Waals surface area contributed by atoms with Crippen LogP contribution in [0.4, 0.5) is 5.69 Å². The van der Waals surface area contributed by atoms with Gasteiger partial charge < -0.3 is 14.4 Å². The van der Waals surface area contributed by atoms with Crippen molar-refractivity contribution < 1.29 is 14.3 Å². The van der Waals surface area contributed by atoms with Gasteiger partial charge in [-0.15, -0.1) is 0 Å². The van der Waals surface area contributed by atoms with Crippen LogP contribution in [0.1, 0.15) is 26.7 Å². The molecule has 1 aromatic carbocycles. The third-order valence-electron chi connectivity index (χ3n) is 4.68. The molecule has 3 rings (SSSR count). The number of aliphatic imine (C=N–C) groups is 1. The number of hydrogen-bond acceptors (Lipinski definition) is 5. The van der Waals surface area contributed by atoms with E-state index in [2.05, 4.69) is 17.9 Å². The molecular formula is C19H24N2O3S. The van der Waals surface area contributed by atoms with Crippen molar-refractivity contribution in [2.45, 2.75) is 31.6 Å². The van der Waals surface area contributed by atoms with E-state index in [1.165, 1.54) is 18.9 Å². The third-order valence-corrected chi connectivity index (χ3v) is 5.93. The van der Waals surface area contributed by atoms with Gasteiger partial charge in [-0.3, -0.25) is 0 Å². The summed E-state index contributed by atoms with van der Waals surface area (Å²) in [6, 6.07) is 7.95. The molecule has 0 bridgehead atoms. The van der Waals surface area contributed by atoms with Gasteiger partial charge in [-0.05, 0) is 42.5 Å². The monoisotopic (exact) mass is 360 g/mol. The molecule has 0 spiro atoms. The summed E-state index contributed by atoms with van der Waals surface area (Å²) in [6.45, 7) is 5.06. The summed E-state index contributed by atoms with van der Waals surface area (Å²) in [5.74, 6) is 1.79. The van der Waals surface area contributed by atoms with E-state index in [0.29, 0.717) is 12.3 Å². The van der Waals surface area contributed by atoms with Crippen LogP contribution in [0.3, 0.4) is 0 Å². The highest BCUT2D eigenvalue weighted by Gasteiger charge is 2.45. The second-order valence-electron chi connectivity index (χ2n) is 6.41. The Bertz CT molecular complexity index is 714. The maximum absolute atomic E-state index is 12.5. The molecule has 1 aromatic rings. The van der Waals surface area contributed by atoms with Gasteiger partial charge in [0.2, 0.25) is 4.87 Å². The van der Waals surface area contributed by atoms with Crippen molar-refractivity contribution in [3.05, 3.63) is 35.2 Å². The molecule has 0 radical (unpaired) electrons. The van der Waals surface area contributed by atoms with Crippen molar-refractivity contribution >= 4 is 29.3 Å². The van der Waals surface area contributed by atoms with Gasteiger partial charge >= 0.3 is 5.97 Å². The Kier molecular flexibility index (Phi) is 5.08. The molecule has 134 valence electrons. The number of carbonyl (C=O) groups excluding carboxylic acids is 1. The fourth-order valence-corrected chi connectivity index (χ4v) is 4.41. The first kappa shape index (κ1) is 17.9. The number of benzene rings is 1. The van der Waals surface area contributed by atoms with Crippen molar-refractivity contribution in [2.75, 3.05) is 25.7 Å². The normalized spacial score (nSPS) is 27.5. The van der Waals surface area contributed by atoms with Gasteiger partial charge in [0.25, 0.3) is 0 Å². The number of thioether (sulfide) groups is 1. The summed E-state index contributed by atoms with van der Waals surface area (Å²) in [5.41, 5.74) is 1.07. The van der Waals surface area contributed by atoms with Crippen LogP contribution in [-0.4, -0.2) is 37.4 Å². The summed E-state index contributed by atoms with van der Waals surface area (Å²) in [4.78, 5) is 19.9. The molecule has 0 aliphatic carbocycles. The standard InChI is InChI=1S/C19H24N2O3S/c1-13-10-12-21(15-5-7-16(23-3)8-6-15)17(13)20-19(18(22)24-4)11-9-14(2)25-19/h5-9,13H,10-12H2,1-4H3/b20-17+. The molecule has 0 N–H and O–H groups in total. The number of amidine groups is 1. The fourth-order valence-electron chi connectivity index (χ4n) is 3.24. The fraction of sp³-hybridized carbons (Fsp3) is 0.474. The lowest BCUT2D eigenvalue weighted by molar-refractivity contribution is -0.143. The molecule has 0 saturated carbocycles. The van der Waals surface area contributed by atoms with E-state index in [1.807, 2.05) is 31.2 Å². The van der Waals surface area contributed by atoms with E-state index in [9.17, 15) is 4.79 Å². The van der Waals surface area contributed by atoms with Crippen LogP contribution < -0.4 is 9.64 Å². The van der Waals surface area contributed by atoms with Gasteiger partial charge in [-0.1, -0.05) is 24.8 Å². The summed E-state index contributed by atoms with van der Waals surface area (Å²) in [7, 11) is 3.09. The minimum Gasteiger partial charge on any atom is -0.497 e. The molecule has 25 heavy (non-hydrogen) atoms. The zero-order valence-corrected chi connectivity index (χ0v) is 15.9. The number of anilines is 1. The smallest absolute Gasteiger partial charge is 0.345 e. The quantitative estimate of drug-likeness (QED) is 0.764. The molecule has 6 heteroatoms. The first-order chi connectivity index (χ1) is 12.0. The second kappa shape index (κ2) is 7.12. The van der Waals surface area contributed by atoms with E-state index < -0.39 is 4.87 Å². The van der Waals surface area contributed by atoms with E-state index in [0.717, 1.165) is 35.1 Å². The number of ether oxygens (including phenoxy) is 2. The molecule has 0 aromatic heterocycles. The molecular weight excluding hydrogens is 336 g/mol. The number of nitrogens with zero attached hydrogens (tertiary/aromatic N) is 2. The zero-order chi connectivity index (χ0) is 18.0. The lowest BCUT2D eigenvalue weighted by Gasteiger charge is -2.27. The number of allylic oxidation sites excluding steroid dienone is 1. The molecule has 5 nitrogen and oxygen atoms in total. The summed E-state index contributed by atoms with van der Waals surface area (Å²) in [5, 5.41) is 0. The summed E-state index contributed by atoms with van der Waals surface area (Å²) >= 11 is 1.49. The minimum atomic E-state index is -0.891. The number of carbonyl (C=O) groups is 1. The number of esters is 1. The van der Waals surface area contributed by atoms with Crippen molar-refractivity contribution in [3.63, 3.8) is 0 Å². The summed E-state index contributed by atoms with van der Waals surface area (Å²) < 4.78 is 10.3. The van der Waals surface area contributed by atoms with Gasteiger partial charge in [0.15, 0.2) is 0 Å². The van der Waals surface area contributed by atoms with Crippen LogP contribution in [0.25, 0.3) is 0 Å². The Morgan fingerprint density at radius 1 is 1.32 bits per heavy atom. The Morgan fingerprint density at radius 2 is 2.04 bits per heavy atom. The molecule has 2 heterocycles. The second-order valence-corrected chi connectivity index (χ2v) is 7.93. The zero-order valence-electron chi connectivity index (χ0n) is 15.1. The third kappa shape index (κ3) is 3.40. The average Bonchev–Trinajstić information content (AvgIpc) is 3.19. The highest BCUT2D eigenvalue weighted by atomic mass is 32.2. The minimum absolute atomic E-state index is 0.285. The Hall–Kier alpha value is -1.95. The van der Waals surface area contributed by atoms with Crippen LogP contribution in [0.2, 0.25) is 0 Å². The van der Waals surface area contributed by atoms with Gasteiger partial charge in [-0.25, -0.2) is 9.79 Å². The molecule has 1 saturated heterocycles. The molecule has 2 aliphatic rings. The van der Waals surface area contributed by atoms with Crippen LogP contribution in [0, 0.1) is 5.92 Å². The van der Waals surface area contributed by atoms with Gasteiger partial charge in [-0.2, -0.15) is 0 Å². The highest BCUT2D eigenvalue weighted by molar-refractivity contribution is 8.05. The summed E-state index contributed by atoms with van der Waals surface area (Å²) in [6.07, 6.45) is 3.64. The van der Waals surface area contributed by atoms with Crippen molar-refractivity contribution in [2.24, 2.45) is 10.9 Å². The van der Waals surface area contributed by atoms with E-state index in [1.54, 1.807) is 7.11 Å². The number of rotatable bonds is 4. The van der Waals surface area contributed by atoms with Gasteiger partial charge in [0.05, 0.1) is 14.2 Å². The maximum atomic E-state index is 12.5. The Balaban J connectivity index is 1.96. The van der Waals surface area contributed by atoms with Crippen LogP contribution >= 0.6 is 11.8 Å². The SMILES string of the molecule is COC(=O)C1(/N=C2\C(C)CCN2c2ccc(OC)cc2)CC=C(C)S1. The molecule has 2 atom stereocenters. The lowest BCUT2D eigenvalue weighted by Crippen LogP contribution is -2.37. The lowest BCUT2D eigenvalue weighted by atomic mass is 10.1. The number of methoxy groups -OCH3 is 2. The van der Waals surface area contributed by atoms with Gasteiger partial charge in [0, 0.05) is 24.6 Å². The van der Waals surface area contributed by atoms with Crippen molar-refractivity contribution in [1.29, 1.82) is 0 Å². The predicted molar refractivity (Wildman–Crippen MR) is 102 cm³/mol. The van der Waals surface area contributed by atoms with Crippen molar-refractivity contribution in [3.8, 4) is 5.75 Å².